The van der Waals surface area contributed by atoms with E-state index in [2.05, 4.69) is 20.4 Å². The van der Waals surface area contributed by atoms with Crippen molar-refractivity contribution in [1.29, 1.82) is 0 Å². The zero-order chi connectivity index (χ0) is 20.6. The third-order valence-electron chi connectivity index (χ3n) is 3.99. The van der Waals surface area contributed by atoms with E-state index in [9.17, 15) is 18.0 Å². The molecule has 1 N–H and O–H groups in total. The molecule has 0 atom stereocenters. The van der Waals surface area contributed by atoms with E-state index in [1.807, 2.05) is 0 Å². The van der Waals surface area contributed by atoms with Gasteiger partial charge in [-0.3, -0.25) is 9.78 Å². The van der Waals surface area contributed by atoms with Crippen LogP contribution in [0.15, 0.2) is 48.1 Å². The van der Waals surface area contributed by atoms with Crippen LogP contribution in [-0.4, -0.2) is 25.5 Å². The van der Waals surface area contributed by atoms with Crippen LogP contribution in [0.1, 0.15) is 21.7 Å². The Morgan fingerprint density at radius 2 is 2.10 bits per heavy atom. The van der Waals surface area contributed by atoms with Crippen molar-refractivity contribution in [2.24, 2.45) is 0 Å². The molecular formula is C18H11ClF3N5OS. The molecule has 1 amide bonds. The second-order valence-electron chi connectivity index (χ2n) is 5.94. The van der Waals surface area contributed by atoms with E-state index in [4.69, 9.17) is 11.6 Å². The monoisotopic (exact) mass is 437 g/mol. The first-order valence-corrected chi connectivity index (χ1v) is 9.48. The fourth-order valence-electron chi connectivity index (χ4n) is 2.66. The lowest BCUT2D eigenvalue weighted by atomic mass is 10.2. The number of pyridine rings is 1. The molecule has 0 radical (unpaired) electrons. The maximum absolute atomic E-state index is 13.6. The zero-order valence-corrected chi connectivity index (χ0v) is 16.0. The van der Waals surface area contributed by atoms with Gasteiger partial charge in [0, 0.05) is 18.9 Å². The van der Waals surface area contributed by atoms with E-state index in [1.54, 1.807) is 42.0 Å². The Morgan fingerprint density at radius 3 is 2.76 bits per heavy atom. The molecule has 0 spiro atoms. The number of rotatable bonds is 4. The van der Waals surface area contributed by atoms with Crippen LogP contribution in [0.3, 0.4) is 0 Å². The van der Waals surface area contributed by atoms with Crippen molar-refractivity contribution >= 4 is 34.5 Å². The summed E-state index contributed by atoms with van der Waals surface area (Å²) in [6, 6.07) is 7.68. The Hall–Kier alpha value is -2.98. The first-order valence-electron chi connectivity index (χ1n) is 8.22. The van der Waals surface area contributed by atoms with Gasteiger partial charge in [0.25, 0.3) is 5.91 Å². The minimum atomic E-state index is -4.72. The average molecular weight is 438 g/mol. The number of halogens is 4. The molecule has 0 fully saturated rings. The summed E-state index contributed by atoms with van der Waals surface area (Å²) in [6.45, 7) is 0.122. The highest BCUT2D eigenvalue weighted by atomic mass is 35.5. The second kappa shape index (κ2) is 7.45. The molecule has 0 aliphatic rings. The number of alkyl halides is 3. The Kier molecular flexibility index (Phi) is 4.97. The predicted molar refractivity (Wildman–Crippen MR) is 102 cm³/mol. The zero-order valence-electron chi connectivity index (χ0n) is 14.4. The molecule has 0 aromatic carbocycles. The van der Waals surface area contributed by atoms with E-state index in [0.29, 0.717) is 9.39 Å². The third-order valence-corrected chi connectivity index (χ3v) is 5.23. The number of amides is 1. The Bertz CT molecular complexity index is 1180. The molecule has 0 aliphatic heterocycles. The highest BCUT2D eigenvalue weighted by molar-refractivity contribution is 7.13. The number of nitrogens with one attached hydrogen (secondary N) is 1. The number of hydrogen-bond acceptors (Lipinski definition) is 5. The molecule has 11 heteroatoms. The number of carbonyl (C=O) groups is 1. The van der Waals surface area contributed by atoms with Gasteiger partial charge in [-0.2, -0.15) is 18.3 Å². The van der Waals surface area contributed by atoms with E-state index >= 15 is 0 Å². The molecule has 4 aromatic rings. The molecule has 0 unspecified atom stereocenters. The SMILES string of the molecule is O=C(NCc1cccnc1)c1nn2c(C(F)(F)F)cc(-c3cccs3)nc2c1Cl. The van der Waals surface area contributed by atoms with Crippen molar-refractivity contribution < 1.29 is 18.0 Å². The van der Waals surface area contributed by atoms with Gasteiger partial charge in [0.2, 0.25) is 0 Å². The molecule has 0 saturated carbocycles. The Balaban J connectivity index is 1.76. The average Bonchev–Trinajstić information content (AvgIpc) is 3.34. The Labute approximate surface area is 171 Å². The van der Waals surface area contributed by atoms with Gasteiger partial charge in [-0.1, -0.05) is 23.7 Å². The number of hydrogen-bond donors (Lipinski definition) is 1. The highest BCUT2D eigenvalue weighted by Gasteiger charge is 2.36. The number of thiophene rings is 1. The summed E-state index contributed by atoms with van der Waals surface area (Å²) in [5.74, 6) is -0.713. The van der Waals surface area contributed by atoms with Crippen LogP contribution in [-0.2, 0) is 12.7 Å². The largest absolute Gasteiger partial charge is 0.433 e. The smallest absolute Gasteiger partial charge is 0.346 e. The van der Waals surface area contributed by atoms with Crippen molar-refractivity contribution in [2.75, 3.05) is 0 Å². The van der Waals surface area contributed by atoms with Crippen molar-refractivity contribution in [3.05, 3.63) is 70.1 Å². The first-order chi connectivity index (χ1) is 13.8. The summed E-state index contributed by atoms with van der Waals surface area (Å²) in [4.78, 5) is 21.2. The summed E-state index contributed by atoms with van der Waals surface area (Å²) in [5, 5.41) is 7.84. The van der Waals surface area contributed by atoms with Crippen LogP contribution < -0.4 is 5.32 Å². The van der Waals surface area contributed by atoms with Gasteiger partial charge in [0.15, 0.2) is 17.0 Å². The van der Waals surface area contributed by atoms with Gasteiger partial charge < -0.3 is 5.32 Å². The summed E-state index contributed by atoms with van der Waals surface area (Å²) < 4.78 is 41.4. The molecule has 4 rings (SSSR count). The molecule has 4 aromatic heterocycles. The number of aromatic nitrogens is 4. The van der Waals surface area contributed by atoms with Crippen LogP contribution in [0.25, 0.3) is 16.2 Å². The second-order valence-corrected chi connectivity index (χ2v) is 7.27. The van der Waals surface area contributed by atoms with Crippen LogP contribution in [0, 0.1) is 0 Å². The molecule has 148 valence electrons. The Morgan fingerprint density at radius 1 is 1.28 bits per heavy atom. The standard InChI is InChI=1S/C18H11ClF3N5OS/c19-14-15(17(28)24-9-10-3-1-5-23-8-10)26-27-13(18(20,21)22)7-11(25-16(14)27)12-4-2-6-29-12/h1-8H,9H2,(H,24,28). The van der Waals surface area contributed by atoms with E-state index in [1.165, 1.54) is 11.3 Å². The number of fused-ring (bicyclic) bond motifs is 1. The van der Waals surface area contributed by atoms with Gasteiger partial charge in [0.1, 0.15) is 5.02 Å². The molecule has 0 saturated heterocycles. The molecule has 4 heterocycles. The maximum Gasteiger partial charge on any atom is 0.433 e. The minimum Gasteiger partial charge on any atom is -0.346 e. The van der Waals surface area contributed by atoms with Crippen molar-refractivity contribution in [3.8, 4) is 10.6 Å². The van der Waals surface area contributed by atoms with Crippen molar-refractivity contribution in [3.63, 3.8) is 0 Å². The van der Waals surface area contributed by atoms with E-state index in [-0.39, 0.29) is 28.6 Å². The van der Waals surface area contributed by atoms with Gasteiger partial charge in [0.05, 0.1) is 10.6 Å². The first kappa shape index (κ1) is 19.3. The lowest BCUT2D eigenvalue weighted by molar-refractivity contribution is -0.142. The van der Waals surface area contributed by atoms with Crippen molar-refractivity contribution in [1.82, 2.24) is 24.9 Å². The highest BCUT2D eigenvalue weighted by Crippen LogP contribution is 2.35. The fraction of sp³-hybridized carbons (Fsp3) is 0.111. The van der Waals surface area contributed by atoms with Gasteiger partial charge >= 0.3 is 6.18 Å². The summed E-state index contributed by atoms with van der Waals surface area (Å²) in [6.07, 6.45) is -1.58. The number of carbonyl (C=O) groups excluding carboxylic acids is 1. The number of nitrogens with zero attached hydrogens (tertiary/aromatic N) is 4. The quantitative estimate of drug-likeness (QED) is 0.512. The van der Waals surface area contributed by atoms with Gasteiger partial charge in [-0.25, -0.2) is 9.50 Å². The third kappa shape index (κ3) is 3.81. The lowest BCUT2D eigenvalue weighted by Gasteiger charge is -2.10. The molecule has 6 nitrogen and oxygen atoms in total. The summed E-state index contributed by atoms with van der Waals surface area (Å²) in [7, 11) is 0. The van der Waals surface area contributed by atoms with E-state index < -0.39 is 17.8 Å². The predicted octanol–water partition coefficient (Wildman–Crippen LogP) is 4.46. The van der Waals surface area contributed by atoms with Gasteiger partial charge in [-0.05, 0) is 29.1 Å². The maximum atomic E-state index is 13.6. The molecule has 29 heavy (non-hydrogen) atoms. The lowest BCUT2D eigenvalue weighted by Crippen LogP contribution is -2.23. The van der Waals surface area contributed by atoms with Crippen LogP contribution in [0.2, 0.25) is 5.02 Å². The van der Waals surface area contributed by atoms with Crippen LogP contribution >= 0.6 is 22.9 Å². The summed E-state index contributed by atoms with van der Waals surface area (Å²) in [5.41, 5.74) is -0.828. The van der Waals surface area contributed by atoms with E-state index in [0.717, 1.165) is 11.6 Å². The topological polar surface area (TPSA) is 72.2 Å². The molecule has 0 aliphatic carbocycles. The van der Waals surface area contributed by atoms with Gasteiger partial charge in [-0.15, -0.1) is 11.3 Å². The molecular weight excluding hydrogens is 427 g/mol. The summed E-state index contributed by atoms with van der Waals surface area (Å²) >= 11 is 7.45. The van der Waals surface area contributed by atoms with Crippen LogP contribution in [0.5, 0.6) is 0 Å². The van der Waals surface area contributed by atoms with Crippen molar-refractivity contribution in [2.45, 2.75) is 12.7 Å². The van der Waals surface area contributed by atoms with Crippen LogP contribution in [0.4, 0.5) is 13.2 Å². The normalized spacial score (nSPS) is 11.7. The molecule has 0 bridgehead atoms. The fourth-order valence-corrected chi connectivity index (χ4v) is 3.59. The minimum absolute atomic E-state index is 0.101.